The van der Waals surface area contributed by atoms with E-state index < -0.39 is 23.8 Å². The monoisotopic (exact) mass is 373 g/mol. The molecule has 0 saturated carbocycles. The number of carbonyl (C=O) groups is 1. The van der Waals surface area contributed by atoms with Crippen LogP contribution in [-0.2, 0) is 22.1 Å². The minimum atomic E-state index is -4.48. The molecule has 0 bridgehead atoms. The van der Waals surface area contributed by atoms with E-state index in [2.05, 4.69) is 9.72 Å². The van der Waals surface area contributed by atoms with E-state index in [-0.39, 0.29) is 11.4 Å². The fourth-order valence-corrected chi connectivity index (χ4v) is 2.28. The van der Waals surface area contributed by atoms with E-state index in [1.165, 1.54) is 7.11 Å². The van der Waals surface area contributed by atoms with Gasteiger partial charge in [-0.25, -0.2) is 4.79 Å². The van der Waals surface area contributed by atoms with Gasteiger partial charge in [-0.2, -0.15) is 13.2 Å². The molecule has 1 heterocycles. The minimum Gasteiger partial charge on any atom is -0.479 e. The summed E-state index contributed by atoms with van der Waals surface area (Å²) < 4.78 is 47.8. The molecular formula is C17H15ClF3NO3. The first-order chi connectivity index (χ1) is 11.7. The third-order valence-electron chi connectivity index (χ3n) is 3.39. The van der Waals surface area contributed by atoms with Crippen molar-refractivity contribution >= 4 is 17.6 Å². The smallest absolute Gasteiger partial charge is 0.417 e. The van der Waals surface area contributed by atoms with Gasteiger partial charge in [-0.3, -0.25) is 4.98 Å². The van der Waals surface area contributed by atoms with Gasteiger partial charge in [0.1, 0.15) is 5.75 Å². The summed E-state index contributed by atoms with van der Waals surface area (Å²) in [6.45, 7) is 1.56. The second-order valence-corrected chi connectivity index (χ2v) is 5.66. The van der Waals surface area contributed by atoms with Crippen LogP contribution in [0, 0.1) is 0 Å². The Bertz CT molecular complexity index is 748. The number of alkyl halides is 3. The molecule has 0 saturated heterocycles. The number of carbonyl (C=O) groups excluding carboxylic acids is 1. The van der Waals surface area contributed by atoms with Crippen molar-refractivity contribution in [1.82, 2.24) is 4.98 Å². The Morgan fingerprint density at radius 2 is 1.92 bits per heavy atom. The average Bonchev–Trinajstić information content (AvgIpc) is 2.56. The molecule has 2 aromatic rings. The highest BCUT2D eigenvalue weighted by Gasteiger charge is 2.31. The Morgan fingerprint density at radius 3 is 2.44 bits per heavy atom. The van der Waals surface area contributed by atoms with Gasteiger partial charge in [0, 0.05) is 12.6 Å². The minimum absolute atomic E-state index is 0.0468. The molecule has 0 radical (unpaired) electrons. The van der Waals surface area contributed by atoms with Crippen molar-refractivity contribution in [3.05, 3.63) is 58.4 Å². The highest BCUT2D eigenvalue weighted by molar-refractivity contribution is 6.31. The number of hydrogen-bond donors (Lipinski definition) is 0. The topological polar surface area (TPSA) is 48.4 Å². The highest BCUT2D eigenvalue weighted by atomic mass is 35.5. The van der Waals surface area contributed by atoms with Crippen molar-refractivity contribution in [1.29, 1.82) is 0 Å². The molecule has 0 aliphatic rings. The van der Waals surface area contributed by atoms with Gasteiger partial charge in [0.15, 0.2) is 6.10 Å². The first-order valence-corrected chi connectivity index (χ1v) is 7.63. The Morgan fingerprint density at radius 1 is 1.28 bits per heavy atom. The highest BCUT2D eigenvalue weighted by Crippen LogP contribution is 2.31. The van der Waals surface area contributed by atoms with Crippen molar-refractivity contribution in [2.75, 3.05) is 7.11 Å². The summed E-state index contributed by atoms with van der Waals surface area (Å²) in [4.78, 5) is 15.1. The van der Waals surface area contributed by atoms with Crippen molar-refractivity contribution in [2.45, 2.75) is 25.6 Å². The normalized spacial score (nSPS) is 12.6. The lowest BCUT2D eigenvalue weighted by Crippen LogP contribution is -2.24. The SMILES string of the molecule is COC(=O)[C@H](C)Oc1ccc(Cc2ncc(C(F)(F)F)cc2Cl)cc1. The number of halogens is 4. The number of esters is 1. The standard InChI is InChI=1S/C17H15ClF3NO3/c1-10(16(23)24-2)25-13-5-3-11(4-6-13)7-15-14(18)8-12(9-22-15)17(19,20)21/h3-6,8-10H,7H2,1-2H3/t10-/m0/s1. The maximum Gasteiger partial charge on any atom is 0.417 e. The quantitative estimate of drug-likeness (QED) is 0.734. The molecule has 2 rings (SSSR count). The van der Waals surface area contributed by atoms with Crippen molar-refractivity contribution < 1.29 is 27.4 Å². The molecule has 1 aromatic carbocycles. The molecule has 0 aliphatic carbocycles. The summed E-state index contributed by atoms with van der Waals surface area (Å²) in [7, 11) is 1.27. The summed E-state index contributed by atoms with van der Waals surface area (Å²) in [6.07, 6.45) is -4.20. The molecule has 0 unspecified atom stereocenters. The molecule has 0 aliphatic heterocycles. The van der Waals surface area contributed by atoms with E-state index in [0.717, 1.165) is 17.8 Å². The molecule has 1 aromatic heterocycles. The maximum absolute atomic E-state index is 12.6. The van der Waals surface area contributed by atoms with Gasteiger partial charge < -0.3 is 9.47 Å². The summed E-state index contributed by atoms with van der Waals surface area (Å²) >= 11 is 5.90. The number of ether oxygens (including phenoxy) is 2. The Kier molecular flexibility index (Phi) is 5.89. The molecule has 8 heteroatoms. The Balaban J connectivity index is 2.08. The molecule has 134 valence electrons. The third-order valence-corrected chi connectivity index (χ3v) is 3.71. The number of benzene rings is 1. The lowest BCUT2D eigenvalue weighted by atomic mass is 10.1. The van der Waals surface area contributed by atoms with Crippen molar-refractivity contribution in [3.8, 4) is 5.75 Å². The zero-order chi connectivity index (χ0) is 18.6. The number of nitrogens with zero attached hydrogens (tertiary/aromatic N) is 1. The second kappa shape index (κ2) is 7.74. The van der Waals surface area contributed by atoms with Crippen LogP contribution in [0.25, 0.3) is 0 Å². The largest absolute Gasteiger partial charge is 0.479 e. The fraction of sp³-hybridized carbons (Fsp3) is 0.294. The Hall–Kier alpha value is -2.28. The summed E-state index contributed by atoms with van der Waals surface area (Å²) in [5, 5.41) is -0.0468. The van der Waals surface area contributed by atoms with Crippen molar-refractivity contribution in [2.24, 2.45) is 0 Å². The molecule has 0 amide bonds. The third kappa shape index (κ3) is 5.09. The molecule has 4 nitrogen and oxygen atoms in total. The van der Waals surface area contributed by atoms with Crippen LogP contribution in [0.5, 0.6) is 5.75 Å². The second-order valence-electron chi connectivity index (χ2n) is 5.25. The van der Waals surface area contributed by atoms with Crippen LogP contribution in [-0.4, -0.2) is 24.2 Å². The lowest BCUT2D eigenvalue weighted by Gasteiger charge is -2.13. The van der Waals surface area contributed by atoms with Crippen LogP contribution in [0.2, 0.25) is 5.02 Å². The number of pyridine rings is 1. The van der Waals surface area contributed by atoms with E-state index >= 15 is 0 Å². The predicted octanol–water partition coefficient (Wildman–Crippen LogP) is 4.28. The predicted molar refractivity (Wildman–Crippen MR) is 85.6 cm³/mol. The van der Waals surface area contributed by atoms with Crippen LogP contribution < -0.4 is 4.74 Å². The van der Waals surface area contributed by atoms with Gasteiger partial charge in [0.05, 0.1) is 23.4 Å². The van der Waals surface area contributed by atoms with E-state index in [9.17, 15) is 18.0 Å². The lowest BCUT2D eigenvalue weighted by molar-refractivity contribution is -0.148. The molecule has 1 atom stereocenters. The van der Waals surface area contributed by atoms with Crippen LogP contribution >= 0.6 is 11.6 Å². The number of aromatic nitrogens is 1. The van der Waals surface area contributed by atoms with Gasteiger partial charge in [-0.1, -0.05) is 23.7 Å². The zero-order valence-electron chi connectivity index (χ0n) is 13.4. The number of rotatable bonds is 5. The molecule has 0 spiro atoms. The van der Waals surface area contributed by atoms with Crippen molar-refractivity contribution in [3.63, 3.8) is 0 Å². The summed E-state index contributed by atoms with van der Waals surface area (Å²) in [5.74, 6) is -0.0297. The fourth-order valence-electron chi connectivity index (χ4n) is 2.05. The average molecular weight is 374 g/mol. The first kappa shape index (κ1) is 19.1. The first-order valence-electron chi connectivity index (χ1n) is 7.25. The van der Waals surface area contributed by atoms with E-state index in [0.29, 0.717) is 11.4 Å². The van der Waals surface area contributed by atoms with E-state index in [1.807, 2.05) is 0 Å². The summed E-state index contributed by atoms with van der Waals surface area (Å²) in [5.41, 5.74) is 0.236. The molecular weight excluding hydrogens is 359 g/mol. The molecule has 25 heavy (non-hydrogen) atoms. The Labute approximate surface area is 147 Å². The summed E-state index contributed by atoms with van der Waals surface area (Å²) in [6, 6.07) is 7.59. The number of hydrogen-bond acceptors (Lipinski definition) is 4. The van der Waals surface area contributed by atoms with Gasteiger partial charge in [0.25, 0.3) is 0 Å². The van der Waals surface area contributed by atoms with E-state index in [4.69, 9.17) is 16.3 Å². The molecule has 0 fully saturated rings. The van der Waals surface area contributed by atoms with Crippen LogP contribution in [0.15, 0.2) is 36.5 Å². The van der Waals surface area contributed by atoms with Gasteiger partial charge in [0.2, 0.25) is 0 Å². The van der Waals surface area contributed by atoms with Gasteiger partial charge in [-0.15, -0.1) is 0 Å². The maximum atomic E-state index is 12.6. The zero-order valence-corrected chi connectivity index (χ0v) is 14.2. The van der Waals surface area contributed by atoms with Crippen LogP contribution in [0.1, 0.15) is 23.7 Å². The van der Waals surface area contributed by atoms with Gasteiger partial charge in [-0.05, 0) is 30.7 Å². The van der Waals surface area contributed by atoms with Crippen LogP contribution in [0.4, 0.5) is 13.2 Å². The van der Waals surface area contributed by atoms with E-state index in [1.54, 1.807) is 31.2 Å². The van der Waals surface area contributed by atoms with Gasteiger partial charge >= 0.3 is 12.1 Å². The van der Waals surface area contributed by atoms with Crippen LogP contribution in [0.3, 0.4) is 0 Å². The molecule has 0 N–H and O–H groups in total. The number of methoxy groups -OCH3 is 1.